The molecule has 1 saturated heterocycles. The number of benzene rings is 2. The predicted octanol–water partition coefficient (Wildman–Crippen LogP) is 2.32. The number of nitrogens with two attached hydrogens (primary N) is 1. The van der Waals surface area contributed by atoms with Crippen molar-refractivity contribution in [2.24, 2.45) is 5.14 Å². The van der Waals surface area contributed by atoms with Gasteiger partial charge in [-0.15, -0.1) is 0 Å². The predicted molar refractivity (Wildman–Crippen MR) is 101 cm³/mol. The molecule has 1 aliphatic rings. The third-order valence-electron chi connectivity index (χ3n) is 4.62. The van der Waals surface area contributed by atoms with Gasteiger partial charge in [0.1, 0.15) is 11.9 Å². The van der Waals surface area contributed by atoms with E-state index in [0.717, 1.165) is 5.56 Å². The molecule has 0 aromatic heterocycles. The van der Waals surface area contributed by atoms with Crippen LogP contribution in [0.25, 0.3) is 0 Å². The first-order chi connectivity index (χ1) is 13.2. The summed E-state index contributed by atoms with van der Waals surface area (Å²) in [6.45, 7) is 2.89. The number of nitrogens with one attached hydrogen (secondary N) is 1. The standard InChI is InChI=1S/C19H22FN3O4S/c1-13(14-5-7-17(8-6-14)28(21,25)26)22-19(24)23-9-10-27-18(12-23)15-3-2-4-16(20)11-15/h2-8,11,13,18H,9-10,12H2,1H3,(H,22,24)(H2,21,25,26). The van der Waals surface area contributed by atoms with E-state index in [-0.39, 0.29) is 28.9 Å². The highest BCUT2D eigenvalue weighted by Gasteiger charge is 2.26. The summed E-state index contributed by atoms with van der Waals surface area (Å²) in [6.07, 6.45) is -0.389. The largest absolute Gasteiger partial charge is 0.370 e. The molecule has 0 spiro atoms. The van der Waals surface area contributed by atoms with Gasteiger partial charge in [-0.05, 0) is 42.3 Å². The van der Waals surface area contributed by atoms with Crippen molar-refractivity contribution < 1.29 is 22.3 Å². The summed E-state index contributed by atoms with van der Waals surface area (Å²) in [5.41, 5.74) is 1.43. The Hall–Kier alpha value is -2.49. The molecule has 0 saturated carbocycles. The second-order valence-corrected chi connectivity index (χ2v) is 8.21. The van der Waals surface area contributed by atoms with Crippen LogP contribution in [0, 0.1) is 5.82 Å². The number of hydrogen-bond acceptors (Lipinski definition) is 4. The lowest BCUT2D eigenvalue weighted by Crippen LogP contribution is -2.47. The Kier molecular flexibility index (Phi) is 5.97. The zero-order valence-corrected chi connectivity index (χ0v) is 16.2. The maximum Gasteiger partial charge on any atom is 0.318 e. The van der Waals surface area contributed by atoms with Gasteiger partial charge in [-0.1, -0.05) is 24.3 Å². The van der Waals surface area contributed by atoms with Gasteiger partial charge < -0.3 is 15.0 Å². The van der Waals surface area contributed by atoms with E-state index in [2.05, 4.69) is 5.32 Å². The minimum atomic E-state index is -3.76. The lowest BCUT2D eigenvalue weighted by molar-refractivity contribution is -0.0158. The van der Waals surface area contributed by atoms with Crippen LogP contribution in [0.4, 0.5) is 9.18 Å². The van der Waals surface area contributed by atoms with Crippen LogP contribution >= 0.6 is 0 Å². The van der Waals surface area contributed by atoms with Gasteiger partial charge in [0, 0.05) is 6.54 Å². The second-order valence-electron chi connectivity index (χ2n) is 6.65. The van der Waals surface area contributed by atoms with Crippen LogP contribution in [0.5, 0.6) is 0 Å². The fraction of sp³-hybridized carbons (Fsp3) is 0.316. The van der Waals surface area contributed by atoms with Crippen molar-refractivity contribution in [1.82, 2.24) is 10.2 Å². The van der Waals surface area contributed by atoms with Gasteiger partial charge >= 0.3 is 6.03 Å². The molecule has 28 heavy (non-hydrogen) atoms. The number of carbonyl (C=O) groups is 1. The van der Waals surface area contributed by atoms with Gasteiger partial charge in [0.2, 0.25) is 10.0 Å². The van der Waals surface area contributed by atoms with Crippen LogP contribution in [0.1, 0.15) is 30.2 Å². The molecule has 7 nitrogen and oxygen atoms in total. The minimum Gasteiger partial charge on any atom is -0.370 e. The molecule has 2 aromatic rings. The van der Waals surface area contributed by atoms with E-state index in [1.165, 1.54) is 24.3 Å². The van der Waals surface area contributed by atoms with E-state index < -0.39 is 10.0 Å². The van der Waals surface area contributed by atoms with Crippen LogP contribution in [-0.2, 0) is 14.8 Å². The van der Waals surface area contributed by atoms with Crippen LogP contribution in [0.3, 0.4) is 0 Å². The molecule has 2 atom stereocenters. The third-order valence-corrected chi connectivity index (χ3v) is 5.55. The van der Waals surface area contributed by atoms with E-state index in [1.54, 1.807) is 36.1 Å². The molecule has 2 aromatic carbocycles. The van der Waals surface area contributed by atoms with Gasteiger partial charge in [0.25, 0.3) is 0 Å². The van der Waals surface area contributed by atoms with E-state index in [1.807, 2.05) is 0 Å². The summed E-state index contributed by atoms with van der Waals surface area (Å²) >= 11 is 0. The molecule has 3 N–H and O–H groups in total. The monoisotopic (exact) mass is 407 g/mol. The first-order valence-electron chi connectivity index (χ1n) is 8.79. The molecule has 0 radical (unpaired) electrons. The van der Waals surface area contributed by atoms with Crippen LogP contribution in [-0.4, -0.2) is 39.0 Å². The van der Waals surface area contributed by atoms with Crippen LogP contribution in [0.2, 0.25) is 0 Å². The summed E-state index contributed by atoms with van der Waals surface area (Å²) in [6, 6.07) is 11.6. The Labute approximate surface area is 163 Å². The number of urea groups is 1. The Morgan fingerprint density at radius 2 is 2.00 bits per heavy atom. The SMILES string of the molecule is CC(NC(=O)N1CCOC(c2cccc(F)c2)C1)c1ccc(S(N)(=O)=O)cc1. The first-order valence-corrected chi connectivity index (χ1v) is 10.3. The molecule has 2 unspecified atom stereocenters. The fourth-order valence-corrected chi connectivity index (χ4v) is 3.56. The Morgan fingerprint density at radius 3 is 2.64 bits per heavy atom. The molecule has 1 aliphatic heterocycles. The van der Waals surface area contributed by atoms with E-state index >= 15 is 0 Å². The zero-order chi connectivity index (χ0) is 20.3. The molecular weight excluding hydrogens is 385 g/mol. The van der Waals surface area contributed by atoms with Gasteiger partial charge in [-0.3, -0.25) is 0 Å². The van der Waals surface area contributed by atoms with Crippen molar-refractivity contribution in [3.8, 4) is 0 Å². The van der Waals surface area contributed by atoms with Gasteiger partial charge in [0.05, 0.1) is 24.1 Å². The Balaban J connectivity index is 1.63. The quantitative estimate of drug-likeness (QED) is 0.812. The number of amides is 2. The number of hydrogen-bond donors (Lipinski definition) is 2. The molecule has 150 valence electrons. The van der Waals surface area contributed by atoms with Crippen LogP contribution < -0.4 is 10.5 Å². The highest BCUT2D eigenvalue weighted by Crippen LogP contribution is 2.23. The summed E-state index contributed by atoms with van der Waals surface area (Å²) in [5, 5.41) is 7.98. The van der Waals surface area contributed by atoms with Crippen molar-refractivity contribution in [2.75, 3.05) is 19.7 Å². The van der Waals surface area contributed by atoms with Crippen molar-refractivity contribution >= 4 is 16.1 Å². The zero-order valence-electron chi connectivity index (χ0n) is 15.3. The highest BCUT2D eigenvalue weighted by atomic mass is 32.2. The summed E-state index contributed by atoms with van der Waals surface area (Å²) in [7, 11) is -3.76. The van der Waals surface area contributed by atoms with E-state index in [0.29, 0.717) is 25.3 Å². The van der Waals surface area contributed by atoms with Crippen molar-refractivity contribution in [3.63, 3.8) is 0 Å². The van der Waals surface area contributed by atoms with E-state index in [9.17, 15) is 17.6 Å². The summed E-state index contributed by atoms with van der Waals surface area (Å²) < 4.78 is 41.8. The first kappa shape index (κ1) is 20.2. The third kappa shape index (κ3) is 4.86. The molecule has 1 fully saturated rings. The topological polar surface area (TPSA) is 102 Å². The maximum atomic E-state index is 13.4. The molecule has 2 amide bonds. The highest BCUT2D eigenvalue weighted by molar-refractivity contribution is 7.89. The minimum absolute atomic E-state index is 0.0147. The van der Waals surface area contributed by atoms with Crippen molar-refractivity contribution in [3.05, 3.63) is 65.5 Å². The Bertz CT molecular complexity index is 950. The molecule has 0 aliphatic carbocycles. The van der Waals surface area contributed by atoms with Gasteiger partial charge in [-0.2, -0.15) is 0 Å². The number of ether oxygens (including phenoxy) is 1. The molecular formula is C19H22FN3O4S. The number of morpholine rings is 1. The average Bonchev–Trinajstić information content (AvgIpc) is 2.67. The number of primary sulfonamides is 1. The van der Waals surface area contributed by atoms with Crippen molar-refractivity contribution in [2.45, 2.75) is 24.0 Å². The number of halogens is 1. The lowest BCUT2D eigenvalue weighted by atomic mass is 10.1. The second kappa shape index (κ2) is 8.26. The number of rotatable bonds is 4. The lowest BCUT2D eigenvalue weighted by Gasteiger charge is -2.34. The van der Waals surface area contributed by atoms with Crippen LogP contribution in [0.15, 0.2) is 53.4 Å². The summed E-state index contributed by atoms with van der Waals surface area (Å²) in [4.78, 5) is 14.3. The summed E-state index contributed by atoms with van der Waals surface area (Å²) in [5.74, 6) is -0.348. The van der Waals surface area contributed by atoms with Crippen molar-refractivity contribution in [1.29, 1.82) is 0 Å². The fourth-order valence-electron chi connectivity index (χ4n) is 3.05. The molecule has 1 heterocycles. The maximum absolute atomic E-state index is 13.4. The van der Waals surface area contributed by atoms with E-state index in [4.69, 9.17) is 9.88 Å². The van der Waals surface area contributed by atoms with Gasteiger partial charge in [0.15, 0.2) is 0 Å². The molecule has 3 rings (SSSR count). The van der Waals surface area contributed by atoms with Gasteiger partial charge in [-0.25, -0.2) is 22.7 Å². The smallest absolute Gasteiger partial charge is 0.318 e. The number of sulfonamides is 1. The number of carbonyl (C=O) groups excluding carboxylic acids is 1. The normalized spacial score (nSPS) is 18.5. The molecule has 0 bridgehead atoms. The average molecular weight is 407 g/mol. The number of nitrogens with zero attached hydrogens (tertiary/aromatic N) is 1. The molecule has 9 heteroatoms. The Morgan fingerprint density at radius 1 is 1.29 bits per heavy atom.